The largest absolute Gasteiger partial charge is 0.339 e. The first-order valence-electron chi connectivity index (χ1n) is 8.14. The zero-order valence-electron chi connectivity index (χ0n) is 14.6. The number of thiocarbonyl (C=S) groups is 1. The number of hydrogen-bond donors (Lipinski definition) is 3. The average Bonchev–Trinajstić information content (AvgIpc) is 2.49. The minimum atomic E-state index is -1.74. The molecule has 1 unspecified atom stereocenters. The van der Waals surface area contributed by atoms with E-state index in [9.17, 15) is 4.79 Å². The first-order valence-corrected chi connectivity index (χ1v) is 9.68. The molecule has 1 atom stereocenters. The zero-order valence-corrected chi connectivity index (χ0v) is 17.7. The van der Waals surface area contributed by atoms with Crippen LogP contribution in [0.1, 0.15) is 43.7 Å². The molecule has 1 rings (SSSR count). The molecule has 0 saturated carbocycles. The van der Waals surface area contributed by atoms with Gasteiger partial charge in [-0.3, -0.25) is 4.79 Å². The molecule has 0 bridgehead atoms. The molecular formula is C17H24Cl3N3OS. The first-order chi connectivity index (χ1) is 11.6. The summed E-state index contributed by atoms with van der Waals surface area (Å²) in [4.78, 5) is 12.0. The average molecular weight is 425 g/mol. The fourth-order valence-electron chi connectivity index (χ4n) is 2.13. The monoisotopic (exact) mass is 423 g/mol. The fourth-order valence-corrected chi connectivity index (χ4v) is 2.68. The molecule has 4 nitrogen and oxygen atoms in total. The number of carbonyl (C=O) groups is 1. The van der Waals surface area contributed by atoms with Gasteiger partial charge in [-0.15, -0.1) is 0 Å². The van der Waals surface area contributed by atoms with E-state index in [0.717, 1.165) is 36.1 Å². The predicted molar refractivity (Wildman–Crippen MR) is 112 cm³/mol. The van der Waals surface area contributed by atoms with Gasteiger partial charge in [-0.1, -0.05) is 66.7 Å². The van der Waals surface area contributed by atoms with E-state index in [0.29, 0.717) is 6.42 Å². The molecule has 3 N–H and O–H groups in total. The van der Waals surface area contributed by atoms with Crippen molar-refractivity contribution < 1.29 is 4.79 Å². The van der Waals surface area contributed by atoms with E-state index in [-0.39, 0.29) is 11.0 Å². The van der Waals surface area contributed by atoms with Crippen LogP contribution in [0.2, 0.25) is 0 Å². The lowest BCUT2D eigenvalue weighted by molar-refractivity contribution is -0.122. The Bertz CT molecular complexity index is 605. The molecule has 0 saturated heterocycles. The fraction of sp³-hybridized carbons (Fsp3) is 0.529. The molecule has 1 amide bonds. The van der Waals surface area contributed by atoms with Crippen LogP contribution in [-0.2, 0) is 4.79 Å². The Morgan fingerprint density at radius 3 is 2.48 bits per heavy atom. The third kappa shape index (κ3) is 8.45. The summed E-state index contributed by atoms with van der Waals surface area (Å²) in [5.41, 5.74) is 2.98. The molecule has 0 radical (unpaired) electrons. The standard InChI is InChI=1S/C17H24Cl3N3OS/c1-4-5-6-7-14(24)22-15(17(18,19)20)23-16(25)21-13-10-11(2)8-9-12(13)3/h8-10,15H,4-7H2,1-3H3,(H,22,24)(H2,21,23,25). The molecule has 0 aliphatic rings. The Kier molecular flexibility index (Phi) is 9.28. The summed E-state index contributed by atoms with van der Waals surface area (Å²) in [7, 11) is 0. The second kappa shape index (κ2) is 10.4. The minimum absolute atomic E-state index is 0.188. The van der Waals surface area contributed by atoms with Gasteiger partial charge in [-0.2, -0.15) is 0 Å². The van der Waals surface area contributed by atoms with Crippen LogP contribution in [0.3, 0.4) is 0 Å². The Balaban J connectivity index is 2.70. The number of carbonyl (C=O) groups excluding carboxylic acids is 1. The molecule has 0 aliphatic carbocycles. The van der Waals surface area contributed by atoms with Gasteiger partial charge in [0.2, 0.25) is 9.70 Å². The number of halogens is 3. The van der Waals surface area contributed by atoms with Gasteiger partial charge in [0.15, 0.2) is 5.11 Å². The van der Waals surface area contributed by atoms with Crippen molar-refractivity contribution in [1.29, 1.82) is 0 Å². The number of anilines is 1. The minimum Gasteiger partial charge on any atom is -0.339 e. The van der Waals surface area contributed by atoms with Gasteiger partial charge in [0.05, 0.1) is 0 Å². The lowest BCUT2D eigenvalue weighted by atomic mass is 10.1. The molecule has 0 spiro atoms. The van der Waals surface area contributed by atoms with Crippen LogP contribution in [0.15, 0.2) is 18.2 Å². The van der Waals surface area contributed by atoms with E-state index in [2.05, 4.69) is 22.9 Å². The van der Waals surface area contributed by atoms with Crippen molar-refractivity contribution >= 4 is 63.7 Å². The number of nitrogens with one attached hydrogen (secondary N) is 3. The van der Waals surface area contributed by atoms with Crippen LogP contribution >= 0.6 is 47.0 Å². The van der Waals surface area contributed by atoms with E-state index in [1.54, 1.807) is 0 Å². The van der Waals surface area contributed by atoms with Crippen molar-refractivity contribution in [3.8, 4) is 0 Å². The Labute approximate surface area is 170 Å². The van der Waals surface area contributed by atoms with Crippen molar-refractivity contribution in [1.82, 2.24) is 10.6 Å². The second-order valence-electron chi connectivity index (χ2n) is 5.92. The number of alkyl halides is 3. The van der Waals surface area contributed by atoms with E-state index in [1.807, 2.05) is 32.0 Å². The molecule has 140 valence electrons. The highest BCUT2D eigenvalue weighted by molar-refractivity contribution is 7.80. The Hall–Kier alpha value is -0.750. The topological polar surface area (TPSA) is 53.2 Å². The molecule has 25 heavy (non-hydrogen) atoms. The van der Waals surface area contributed by atoms with Crippen molar-refractivity contribution in [2.45, 2.75) is 56.4 Å². The maximum atomic E-state index is 12.0. The highest BCUT2D eigenvalue weighted by atomic mass is 35.6. The second-order valence-corrected chi connectivity index (χ2v) is 8.69. The zero-order chi connectivity index (χ0) is 19.0. The van der Waals surface area contributed by atoms with E-state index in [1.165, 1.54) is 0 Å². The SMILES string of the molecule is CCCCCC(=O)NC(NC(=S)Nc1cc(C)ccc1C)C(Cl)(Cl)Cl. The number of rotatable bonds is 7. The maximum absolute atomic E-state index is 12.0. The third-order valence-electron chi connectivity index (χ3n) is 3.56. The van der Waals surface area contributed by atoms with E-state index >= 15 is 0 Å². The normalized spacial score (nSPS) is 12.4. The number of hydrogen-bond acceptors (Lipinski definition) is 2. The molecule has 0 fully saturated rings. The number of aryl methyl sites for hydroxylation is 2. The van der Waals surface area contributed by atoms with Gasteiger partial charge in [0.1, 0.15) is 6.17 Å². The van der Waals surface area contributed by atoms with Crippen molar-refractivity contribution in [3.05, 3.63) is 29.3 Å². The van der Waals surface area contributed by atoms with Crippen molar-refractivity contribution in [3.63, 3.8) is 0 Å². The molecule has 0 aliphatic heterocycles. The van der Waals surface area contributed by atoms with Crippen LogP contribution in [0.5, 0.6) is 0 Å². The Morgan fingerprint density at radius 2 is 1.88 bits per heavy atom. The quantitative estimate of drug-likeness (QED) is 0.250. The van der Waals surface area contributed by atoms with Gasteiger partial charge in [0, 0.05) is 12.1 Å². The highest BCUT2D eigenvalue weighted by Gasteiger charge is 2.34. The summed E-state index contributed by atoms with van der Waals surface area (Å²) in [6.07, 6.45) is 2.25. The van der Waals surface area contributed by atoms with E-state index < -0.39 is 9.96 Å². The lowest BCUT2D eigenvalue weighted by Crippen LogP contribution is -2.56. The van der Waals surface area contributed by atoms with E-state index in [4.69, 9.17) is 47.0 Å². The van der Waals surface area contributed by atoms with Crippen molar-refractivity contribution in [2.75, 3.05) is 5.32 Å². The van der Waals surface area contributed by atoms with Crippen LogP contribution in [-0.4, -0.2) is 21.0 Å². The van der Waals surface area contributed by atoms with Crippen LogP contribution in [0.25, 0.3) is 0 Å². The van der Waals surface area contributed by atoms with Crippen molar-refractivity contribution in [2.24, 2.45) is 0 Å². The molecule has 1 aromatic carbocycles. The smallest absolute Gasteiger partial charge is 0.228 e. The van der Waals surface area contributed by atoms with Gasteiger partial charge >= 0.3 is 0 Å². The van der Waals surface area contributed by atoms with Gasteiger partial charge < -0.3 is 16.0 Å². The molecule has 8 heteroatoms. The summed E-state index contributed by atoms with van der Waals surface area (Å²) in [5, 5.41) is 8.89. The number of amides is 1. The molecule has 0 heterocycles. The van der Waals surface area contributed by atoms with Gasteiger partial charge in [-0.05, 0) is 49.7 Å². The van der Waals surface area contributed by atoms with Gasteiger partial charge in [0.25, 0.3) is 0 Å². The van der Waals surface area contributed by atoms with Crippen LogP contribution < -0.4 is 16.0 Å². The molecule has 0 aromatic heterocycles. The number of benzene rings is 1. The third-order valence-corrected chi connectivity index (χ3v) is 4.43. The summed E-state index contributed by atoms with van der Waals surface area (Å²) in [6.45, 7) is 6.02. The number of unbranched alkanes of at least 4 members (excludes halogenated alkanes) is 2. The molecular weight excluding hydrogens is 401 g/mol. The van der Waals surface area contributed by atoms with Gasteiger partial charge in [-0.25, -0.2) is 0 Å². The lowest BCUT2D eigenvalue weighted by Gasteiger charge is -2.28. The summed E-state index contributed by atoms with van der Waals surface area (Å²) < 4.78 is -1.74. The van der Waals surface area contributed by atoms with Crippen LogP contribution in [0, 0.1) is 13.8 Å². The molecule has 1 aromatic rings. The summed E-state index contributed by atoms with van der Waals surface area (Å²) in [6, 6.07) is 5.97. The van der Waals surface area contributed by atoms with Crippen LogP contribution in [0.4, 0.5) is 5.69 Å². The summed E-state index contributed by atoms with van der Waals surface area (Å²) in [5.74, 6) is -0.188. The maximum Gasteiger partial charge on any atom is 0.228 e. The highest BCUT2D eigenvalue weighted by Crippen LogP contribution is 2.29. The summed E-state index contributed by atoms with van der Waals surface area (Å²) >= 11 is 23.2. The first kappa shape index (κ1) is 22.3. The predicted octanol–water partition coefficient (Wildman–Crippen LogP) is 4.98. The Morgan fingerprint density at radius 1 is 1.20 bits per heavy atom.